The maximum absolute atomic E-state index is 13.2. The number of morpholine rings is 1. The van der Waals surface area contributed by atoms with Crippen molar-refractivity contribution in [2.75, 3.05) is 19.7 Å². The number of ether oxygens (including phenoxy) is 1. The predicted octanol–water partition coefficient (Wildman–Crippen LogP) is 3.88. The summed E-state index contributed by atoms with van der Waals surface area (Å²) in [5.41, 5.74) is 1.15. The quantitative estimate of drug-likeness (QED) is 0.763. The van der Waals surface area contributed by atoms with Gasteiger partial charge in [-0.3, -0.25) is 9.59 Å². The summed E-state index contributed by atoms with van der Waals surface area (Å²) in [6, 6.07) is 12.5. The Bertz CT molecular complexity index is 874. The number of hydrogen-bond donors (Lipinski definition) is 1. The third-order valence-electron chi connectivity index (χ3n) is 6.03. The largest absolute Gasteiger partial charge is 0.361 e. The van der Waals surface area contributed by atoms with Crippen molar-refractivity contribution in [3.63, 3.8) is 0 Å². The Morgan fingerprint density at radius 3 is 2.60 bits per heavy atom. The van der Waals surface area contributed by atoms with Crippen molar-refractivity contribution in [2.24, 2.45) is 5.92 Å². The summed E-state index contributed by atoms with van der Waals surface area (Å²) < 4.78 is 6.14. The van der Waals surface area contributed by atoms with E-state index in [1.807, 2.05) is 24.8 Å². The Labute approximate surface area is 182 Å². The number of carbonyl (C=O) groups excluding carboxylic acids is 2. The molecule has 6 heteroatoms. The summed E-state index contributed by atoms with van der Waals surface area (Å²) in [6.07, 6.45) is 3.50. The minimum Gasteiger partial charge on any atom is -0.361 e. The molecular weight excluding hydrogens is 396 g/mol. The first kappa shape index (κ1) is 21.1. The first-order valence-corrected chi connectivity index (χ1v) is 11.7. The Kier molecular flexibility index (Phi) is 6.25. The molecule has 1 atom stereocenters. The van der Waals surface area contributed by atoms with E-state index in [1.165, 1.54) is 10.4 Å². The van der Waals surface area contributed by atoms with Crippen molar-refractivity contribution in [3.05, 3.63) is 47.3 Å². The fraction of sp³-hybridized carbons (Fsp3) is 0.500. The molecule has 30 heavy (non-hydrogen) atoms. The first-order chi connectivity index (χ1) is 14.5. The lowest BCUT2D eigenvalue weighted by Gasteiger charge is -2.43. The second kappa shape index (κ2) is 8.90. The van der Waals surface area contributed by atoms with E-state index in [0.717, 1.165) is 24.8 Å². The molecule has 1 aliphatic carbocycles. The van der Waals surface area contributed by atoms with E-state index in [-0.39, 0.29) is 23.8 Å². The molecule has 1 aromatic heterocycles. The first-order valence-electron chi connectivity index (χ1n) is 10.8. The van der Waals surface area contributed by atoms with E-state index in [9.17, 15) is 9.59 Å². The van der Waals surface area contributed by atoms with Crippen LogP contribution in [0.15, 0.2) is 41.8 Å². The van der Waals surface area contributed by atoms with Crippen molar-refractivity contribution in [1.82, 2.24) is 10.2 Å². The van der Waals surface area contributed by atoms with Crippen LogP contribution in [0.5, 0.6) is 0 Å². The molecule has 160 valence electrons. The summed E-state index contributed by atoms with van der Waals surface area (Å²) in [5.74, 6) is 0.171. The minimum atomic E-state index is -1.05. The minimum absolute atomic E-state index is 0.0110. The van der Waals surface area contributed by atoms with Crippen molar-refractivity contribution < 1.29 is 14.3 Å². The van der Waals surface area contributed by atoms with Gasteiger partial charge in [0.15, 0.2) is 5.60 Å². The fourth-order valence-corrected chi connectivity index (χ4v) is 4.90. The lowest BCUT2D eigenvalue weighted by atomic mass is 9.83. The molecule has 2 heterocycles. The Morgan fingerprint density at radius 1 is 1.23 bits per heavy atom. The van der Waals surface area contributed by atoms with Gasteiger partial charge in [0.2, 0.25) is 5.91 Å². The molecule has 2 amide bonds. The van der Waals surface area contributed by atoms with Crippen LogP contribution in [-0.4, -0.2) is 48.1 Å². The highest BCUT2D eigenvalue weighted by Crippen LogP contribution is 2.32. The SMILES string of the molecule is CC(C)NC(=O)[C@]1(Cc2ccc(-c3cccs3)cc2)CN(C(=O)C2CCC2)CCO1. The molecule has 1 aromatic carbocycles. The van der Waals surface area contributed by atoms with Gasteiger partial charge in [-0.2, -0.15) is 0 Å². The molecule has 2 fully saturated rings. The van der Waals surface area contributed by atoms with Gasteiger partial charge in [-0.1, -0.05) is 36.8 Å². The van der Waals surface area contributed by atoms with Gasteiger partial charge in [-0.25, -0.2) is 0 Å². The molecular formula is C24H30N2O3S. The zero-order chi connectivity index (χ0) is 21.1. The second-order valence-corrected chi connectivity index (χ2v) is 9.66. The highest BCUT2D eigenvalue weighted by Gasteiger charge is 2.46. The van der Waals surface area contributed by atoms with Crippen LogP contribution in [0.3, 0.4) is 0 Å². The van der Waals surface area contributed by atoms with Gasteiger partial charge in [0, 0.05) is 29.8 Å². The average Bonchev–Trinajstić information content (AvgIpc) is 3.21. The lowest BCUT2D eigenvalue weighted by molar-refractivity contribution is -0.169. The number of hydrogen-bond acceptors (Lipinski definition) is 4. The molecule has 4 rings (SSSR count). The Morgan fingerprint density at radius 2 is 2.00 bits per heavy atom. The summed E-state index contributed by atoms with van der Waals surface area (Å²) >= 11 is 1.71. The summed E-state index contributed by atoms with van der Waals surface area (Å²) in [6.45, 7) is 5.15. The molecule has 1 saturated heterocycles. The maximum atomic E-state index is 13.2. The summed E-state index contributed by atoms with van der Waals surface area (Å²) in [7, 11) is 0. The summed E-state index contributed by atoms with van der Waals surface area (Å²) in [5, 5.41) is 5.09. The molecule has 1 N–H and O–H groups in total. The van der Waals surface area contributed by atoms with Gasteiger partial charge in [0.25, 0.3) is 5.91 Å². The highest BCUT2D eigenvalue weighted by atomic mass is 32.1. The molecule has 1 aliphatic heterocycles. The third kappa shape index (κ3) is 4.44. The number of nitrogens with zero attached hydrogens (tertiary/aromatic N) is 1. The summed E-state index contributed by atoms with van der Waals surface area (Å²) in [4.78, 5) is 29.2. The molecule has 0 radical (unpaired) electrons. The molecule has 5 nitrogen and oxygen atoms in total. The number of rotatable bonds is 6. The van der Waals surface area contributed by atoms with Crippen LogP contribution in [-0.2, 0) is 20.7 Å². The third-order valence-corrected chi connectivity index (χ3v) is 6.95. The van der Waals surface area contributed by atoms with E-state index in [4.69, 9.17) is 4.74 Å². The number of thiophene rings is 1. The van der Waals surface area contributed by atoms with E-state index in [0.29, 0.717) is 26.1 Å². The number of benzene rings is 1. The monoisotopic (exact) mass is 426 g/mol. The molecule has 1 saturated carbocycles. The predicted molar refractivity (Wildman–Crippen MR) is 119 cm³/mol. The molecule has 0 spiro atoms. The van der Waals surface area contributed by atoms with Gasteiger partial charge in [-0.05, 0) is 49.3 Å². The zero-order valence-corrected chi connectivity index (χ0v) is 18.5. The molecule has 0 unspecified atom stereocenters. The van der Waals surface area contributed by atoms with Crippen LogP contribution >= 0.6 is 11.3 Å². The standard InChI is InChI=1S/C24H30N2O3S/c1-17(2)25-23(28)24(16-26(12-13-29-24)22(27)20-5-3-6-20)15-18-8-10-19(11-9-18)21-7-4-14-30-21/h4,7-11,14,17,20H,3,5-6,12-13,15-16H2,1-2H3,(H,25,28)/t24-/m0/s1. The smallest absolute Gasteiger partial charge is 0.254 e. The number of carbonyl (C=O) groups is 2. The van der Waals surface area contributed by atoms with Crippen molar-refractivity contribution in [2.45, 2.75) is 51.2 Å². The van der Waals surface area contributed by atoms with Crippen molar-refractivity contribution in [3.8, 4) is 10.4 Å². The molecule has 2 aromatic rings. The van der Waals surface area contributed by atoms with Crippen molar-refractivity contribution in [1.29, 1.82) is 0 Å². The zero-order valence-electron chi connectivity index (χ0n) is 17.7. The topological polar surface area (TPSA) is 58.6 Å². The van der Waals surface area contributed by atoms with Crippen LogP contribution < -0.4 is 5.32 Å². The maximum Gasteiger partial charge on any atom is 0.254 e. The van der Waals surface area contributed by atoms with Crippen molar-refractivity contribution >= 4 is 23.2 Å². The number of amides is 2. The van der Waals surface area contributed by atoms with Gasteiger partial charge in [0.05, 0.1) is 13.2 Å². The van der Waals surface area contributed by atoms with E-state index in [1.54, 1.807) is 11.3 Å². The van der Waals surface area contributed by atoms with Crippen LogP contribution in [0.1, 0.15) is 38.7 Å². The lowest BCUT2D eigenvalue weighted by Crippen LogP contribution is -2.63. The van der Waals surface area contributed by atoms with Crippen LogP contribution in [0.2, 0.25) is 0 Å². The van der Waals surface area contributed by atoms with Crippen LogP contribution in [0.25, 0.3) is 10.4 Å². The Balaban J connectivity index is 1.56. The van der Waals surface area contributed by atoms with E-state index in [2.05, 4.69) is 41.0 Å². The Hall–Kier alpha value is -2.18. The van der Waals surface area contributed by atoms with Crippen LogP contribution in [0, 0.1) is 5.92 Å². The van der Waals surface area contributed by atoms with Gasteiger partial charge < -0.3 is 15.0 Å². The highest BCUT2D eigenvalue weighted by molar-refractivity contribution is 7.13. The average molecular weight is 427 g/mol. The van der Waals surface area contributed by atoms with Gasteiger partial charge in [0.1, 0.15) is 0 Å². The molecule has 2 aliphatic rings. The van der Waals surface area contributed by atoms with E-state index < -0.39 is 5.60 Å². The second-order valence-electron chi connectivity index (χ2n) is 8.71. The van der Waals surface area contributed by atoms with Gasteiger partial charge in [-0.15, -0.1) is 11.3 Å². The number of nitrogens with one attached hydrogen (secondary N) is 1. The van der Waals surface area contributed by atoms with Crippen LogP contribution in [0.4, 0.5) is 0 Å². The van der Waals surface area contributed by atoms with E-state index >= 15 is 0 Å². The van der Waals surface area contributed by atoms with Gasteiger partial charge >= 0.3 is 0 Å². The fourth-order valence-electron chi connectivity index (χ4n) is 4.16. The normalized spacial score (nSPS) is 22.0. The molecule has 0 bridgehead atoms.